The fraction of sp³-hybridized carbons (Fsp3) is 0.250. The maximum Gasteiger partial charge on any atom is 0.282 e. The highest BCUT2D eigenvalue weighted by Crippen LogP contribution is 2.23. The predicted molar refractivity (Wildman–Crippen MR) is 146 cm³/mol. The summed E-state index contributed by atoms with van der Waals surface area (Å²) in [5.74, 6) is 0.707. The van der Waals surface area contributed by atoms with Gasteiger partial charge in [0.05, 0.1) is 30.1 Å². The van der Waals surface area contributed by atoms with Crippen molar-refractivity contribution in [3.8, 4) is 5.82 Å². The number of hydrogen-bond donors (Lipinski definition) is 1. The fourth-order valence-electron chi connectivity index (χ4n) is 3.84. The number of ether oxygens (including phenoxy) is 2. The molecule has 0 unspecified atom stereocenters. The SMILES string of the molecule is COCCC1=NN(c2ccccn2)C(=O)C1=CC=C(C)C=Cc1c(CCOC)[nH]n(-c2ccccn2)c1=O. The van der Waals surface area contributed by atoms with Gasteiger partial charge >= 0.3 is 0 Å². The Morgan fingerprint density at radius 1 is 0.974 bits per heavy atom. The van der Waals surface area contributed by atoms with Crippen LogP contribution in [0.3, 0.4) is 0 Å². The fourth-order valence-corrected chi connectivity index (χ4v) is 3.84. The first-order chi connectivity index (χ1) is 18.5. The van der Waals surface area contributed by atoms with Crippen LogP contribution >= 0.6 is 0 Å². The molecule has 0 saturated carbocycles. The molecule has 0 atom stereocenters. The van der Waals surface area contributed by atoms with E-state index >= 15 is 0 Å². The Morgan fingerprint density at radius 3 is 2.32 bits per heavy atom. The van der Waals surface area contributed by atoms with Gasteiger partial charge in [-0.2, -0.15) is 10.1 Å². The summed E-state index contributed by atoms with van der Waals surface area (Å²) in [7, 11) is 3.23. The standard InChI is InChI=1S/C28H30N6O4/c1-20(10-12-21-23(14-18-37-2)31-33(27(21)35)25-8-4-6-16-29-25)11-13-22-24(15-19-38-3)32-34(28(22)36)26-9-5-7-17-30-26/h4-13,16-17,31H,14-15,18-19H2,1-3H3. The van der Waals surface area contributed by atoms with Gasteiger partial charge in [0.1, 0.15) is 0 Å². The number of aromatic amines is 1. The molecule has 3 aromatic heterocycles. The molecule has 0 bridgehead atoms. The van der Waals surface area contributed by atoms with Crippen molar-refractivity contribution >= 4 is 23.5 Å². The third-order valence-corrected chi connectivity index (χ3v) is 5.83. The number of carbonyl (C=O) groups excluding carboxylic acids is 1. The number of nitrogens with zero attached hydrogens (tertiary/aromatic N) is 5. The van der Waals surface area contributed by atoms with Gasteiger partial charge < -0.3 is 9.47 Å². The monoisotopic (exact) mass is 514 g/mol. The van der Waals surface area contributed by atoms with E-state index in [1.54, 1.807) is 69.1 Å². The zero-order chi connectivity index (χ0) is 26.9. The molecule has 0 spiro atoms. The van der Waals surface area contributed by atoms with E-state index in [1.165, 1.54) is 9.69 Å². The summed E-state index contributed by atoms with van der Waals surface area (Å²) in [6, 6.07) is 10.7. The molecule has 1 aliphatic rings. The van der Waals surface area contributed by atoms with E-state index < -0.39 is 0 Å². The summed E-state index contributed by atoms with van der Waals surface area (Å²) < 4.78 is 11.8. The lowest BCUT2D eigenvalue weighted by Gasteiger charge is -2.09. The second kappa shape index (κ2) is 12.7. The van der Waals surface area contributed by atoms with E-state index in [0.29, 0.717) is 54.5 Å². The maximum absolute atomic E-state index is 13.2. The zero-order valence-electron chi connectivity index (χ0n) is 21.6. The molecule has 1 aliphatic heterocycles. The summed E-state index contributed by atoms with van der Waals surface area (Å²) >= 11 is 0. The van der Waals surface area contributed by atoms with Crippen LogP contribution in [0.2, 0.25) is 0 Å². The molecule has 4 rings (SSSR count). The molecule has 3 aromatic rings. The van der Waals surface area contributed by atoms with Crippen LogP contribution in [0.4, 0.5) is 5.82 Å². The smallest absolute Gasteiger partial charge is 0.282 e. The molecule has 10 heteroatoms. The Hall–Kier alpha value is -4.41. The van der Waals surface area contributed by atoms with E-state index in [0.717, 1.165) is 11.3 Å². The van der Waals surface area contributed by atoms with Gasteiger partial charge in [0.25, 0.3) is 11.5 Å². The Morgan fingerprint density at radius 2 is 1.66 bits per heavy atom. The molecule has 0 radical (unpaired) electrons. The molecule has 0 aliphatic carbocycles. The van der Waals surface area contributed by atoms with Crippen LogP contribution in [0.15, 0.2) is 88.1 Å². The maximum atomic E-state index is 13.2. The molecule has 10 nitrogen and oxygen atoms in total. The highest BCUT2D eigenvalue weighted by Gasteiger charge is 2.31. The topological polar surface area (TPSA) is 115 Å². The Kier molecular flexibility index (Phi) is 8.91. The van der Waals surface area contributed by atoms with E-state index in [-0.39, 0.29) is 11.5 Å². The van der Waals surface area contributed by atoms with Crippen LogP contribution in [0, 0.1) is 0 Å². The predicted octanol–water partition coefficient (Wildman–Crippen LogP) is 3.47. The van der Waals surface area contributed by atoms with Crippen LogP contribution < -0.4 is 10.6 Å². The summed E-state index contributed by atoms with van der Waals surface area (Å²) in [6.07, 6.45) is 11.5. The van der Waals surface area contributed by atoms with Crippen molar-refractivity contribution in [2.75, 3.05) is 32.4 Å². The summed E-state index contributed by atoms with van der Waals surface area (Å²) in [6.45, 7) is 2.79. The minimum atomic E-state index is -0.256. The zero-order valence-corrected chi connectivity index (χ0v) is 21.6. The number of methoxy groups -OCH3 is 2. The Labute approximate surface area is 220 Å². The lowest BCUT2D eigenvalue weighted by Crippen LogP contribution is -2.22. The summed E-state index contributed by atoms with van der Waals surface area (Å²) in [5.41, 5.74) is 3.00. The molecule has 0 aromatic carbocycles. The van der Waals surface area contributed by atoms with Crippen molar-refractivity contribution in [3.63, 3.8) is 0 Å². The van der Waals surface area contributed by atoms with E-state index in [9.17, 15) is 9.59 Å². The van der Waals surface area contributed by atoms with Crippen molar-refractivity contribution in [2.45, 2.75) is 19.8 Å². The number of carbonyl (C=O) groups is 1. The Balaban J connectivity index is 1.61. The third kappa shape index (κ3) is 6.10. The van der Waals surface area contributed by atoms with E-state index in [4.69, 9.17) is 9.47 Å². The van der Waals surface area contributed by atoms with Crippen LogP contribution in [-0.4, -0.2) is 58.8 Å². The average molecular weight is 515 g/mol. The second-order valence-corrected chi connectivity index (χ2v) is 8.49. The number of allylic oxidation sites excluding steroid dienone is 4. The average Bonchev–Trinajstić information content (AvgIpc) is 3.44. The van der Waals surface area contributed by atoms with Crippen molar-refractivity contribution < 1.29 is 14.3 Å². The van der Waals surface area contributed by atoms with Gasteiger partial charge in [0, 0.05) is 45.1 Å². The van der Waals surface area contributed by atoms with Crippen molar-refractivity contribution in [1.82, 2.24) is 19.7 Å². The van der Waals surface area contributed by atoms with Crippen LogP contribution in [0.25, 0.3) is 11.9 Å². The van der Waals surface area contributed by atoms with Gasteiger partial charge in [-0.15, -0.1) is 0 Å². The van der Waals surface area contributed by atoms with Crippen LogP contribution in [-0.2, 0) is 20.7 Å². The van der Waals surface area contributed by atoms with Gasteiger partial charge in [-0.1, -0.05) is 29.9 Å². The summed E-state index contributed by atoms with van der Waals surface area (Å²) in [5, 5.41) is 8.94. The van der Waals surface area contributed by atoms with Gasteiger partial charge in [0.2, 0.25) is 0 Å². The Bertz CT molecular complexity index is 1430. The molecule has 0 fully saturated rings. The number of aromatic nitrogens is 4. The highest BCUT2D eigenvalue weighted by molar-refractivity contribution is 6.30. The number of nitrogens with one attached hydrogen (secondary N) is 1. The first-order valence-corrected chi connectivity index (χ1v) is 12.2. The number of amides is 1. The van der Waals surface area contributed by atoms with Crippen LogP contribution in [0.5, 0.6) is 0 Å². The number of rotatable bonds is 11. The second-order valence-electron chi connectivity index (χ2n) is 8.49. The first-order valence-electron chi connectivity index (χ1n) is 12.2. The molecule has 0 saturated heterocycles. The van der Waals surface area contributed by atoms with Crippen LogP contribution in [0.1, 0.15) is 24.6 Å². The number of H-pyrrole nitrogens is 1. The van der Waals surface area contributed by atoms with E-state index in [1.807, 2.05) is 25.1 Å². The number of hydrogen-bond acceptors (Lipinski definition) is 7. The van der Waals surface area contributed by atoms with Crippen molar-refractivity contribution in [2.24, 2.45) is 5.10 Å². The molecule has 1 N–H and O–H groups in total. The number of anilines is 1. The largest absolute Gasteiger partial charge is 0.384 e. The van der Waals surface area contributed by atoms with Gasteiger partial charge in [-0.3, -0.25) is 14.7 Å². The third-order valence-electron chi connectivity index (χ3n) is 5.83. The lowest BCUT2D eigenvalue weighted by molar-refractivity contribution is -0.114. The quantitative estimate of drug-likeness (QED) is 0.310. The highest BCUT2D eigenvalue weighted by atomic mass is 16.5. The van der Waals surface area contributed by atoms with Gasteiger partial charge in [0.15, 0.2) is 11.6 Å². The minimum Gasteiger partial charge on any atom is -0.384 e. The number of hydrazone groups is 1. The first kappa shape index (κ1) is 26.6. The molecule has 4 heterocycles. The molecule has 196 valence electrons. The minimum absolute atomic E-state index is 0.205. The van der Waals surface area contributed by atoms with E-state index in [2.05, 4.69) is 20.2 Å². The normalized spacial score (nSPS) is 15.2. The lowest BCUT2D eigenvalue weighted by atomic mass is 10.1. The van der Waals surface area contributed by atoms with Crippen molar-refractivity contribution in [3.05, 3.63) is 99.8 Å². The molecule has 38 heavy (non-hydrogen) atoms. The molecular weight excluding hydrogens is 484 g/mol. The van der Waals surface area contributed by atoms with Crippen molar-refractivity contribution in [1.29, 1.82) is 0 Å². The molecular formula is C28H30N6O4. The molecule has 1 amide bonds. The summed E-state index contributed by atoms with van der Waals surface area (Å²) in [4.78, 5) is 34.8. The van der Waals surface area contributed by atoms with Gasteiger partial charge in [-0.25, -0.2) is 14.6 Å². The number of pyridine rings is 2. The van der Waals surface area contributed by atoms with Gasteiger partial charge in [-0.05, 0) is 43.3 Å².